The number of aliphatic hydroxyl groups excluding tert-OH is 1. The van der Waals surface area contributed by atoms with Gasteiger partial charge in [0.05, 0.1) is 6.10 Å². The maximum Gasteiger partial charge on any atom is 0.0695 e. The third-order valence-electron chi connectivity index (χ3n) is 3.66. The van der Waals surface area contributed by atoms with E-state index in [1.165, 1.54) is 25.7 Å². The summed E-state index contributed by atoms with van der Waals surface area (Å²) in [6.45, 7) is 2.12. The van der Waals surface area contributed by atoms with Crippen molar-refractivity contribution in [2.45, 2.75) is 50.7 Å². The molecule has 3 heteroatoms. The van der Waals surface area contributed by atoms with Crippen LogP contribution in [0.4, 0.5) is 0 Å². The Morgan fingerprint density at radius 2 is 1.56 bits per heavy atom. The Morgan fingerprint density at radius 1 is 0.938 bits per heavy atom. The summed E-state index contributed by atoms with van der Waals surface area (Å²) >= 11 is 0. The molecule has 1 aliphatic rings. The summed E-state index contributed by atoms with van der Waals surface area (Å²) < 4.78 is 0. The summed E-state index contributed by atoms with van der Waals surface area (Å²) in [7, 11) is 6.35. The molecule has 3 nitrogen and oxygen atoms in total. The minimum atomic E-state index is -0.118. The van der Waals surface area contributed by atoms with Crippen LogP contribution in [-0.2, 0) is 0 Å². The van der Waals surface area contributed by atoms with Gasteiger partial charge < -0.3 is 10.0 Å². The van der Waals surface area contributed by atoms with Gasteiger partial charge in [-0.15, -0.1) is 0 Å². The van der Waals surface area contributed by atoms with E-state index in [0.717, 1.165) is 25.9 Å². The molecule has 2 atom stereocenters. The normalized spacial score (nSPS) is 28.1. The van der Waals surface area contributed by atoms with E-state index in [1.807, 2.05) is 0 Å². The average molecular weight is 228 g/mol. The van der Waals surface area contributed by atoms with Crippen LogP contribution in [0.1, 0.15) is 38.5 Å². The van der Waals surface area contributed by atoms with Crippen molar-refractivity contribution in [2.75, 3.05) is 34.2 Å². The van der Waals surface area contributed by atoms with E-state index in [1.54, 1.807) is 0 Å². The van der Waals surface area contributed by atoms with Gasteiger partial charge in [0.2, 0.25) is 0 Å². The molecule has 0 radical (unpaired) electrons. The molecule has 0 aromatic carbocycles. The van der Waals surface area contributed by atoms with Crippen LogP contribution in [0.2, 0.25) is 0 Å². The molecule has 0 spiro atoms. The summed E-state index contributed by atoms with van der Waals surface area (Å²) in [6.07, 6.45) is 7.12. The van der Waals surface area contributed by atoms with Crippen LogP contribution in [0.3, 0.4) is 0 Å². The van der Waals surface area contributed by atoms with Crippen molar-refractivity contribution < 1.29 is 5.11 Å². The molecule has 1 saturated carbocycles. The Hall–Kier alpha value is -0.120. The van der Waals surface area contributed by atoms with Crippen molar-refractivity contribution >= 4 is 0 Å². The van der Waals surface area contributed by atoms with E-state index >= 15 is 0 Å². The Morgan fingerprint density at radius 3 is 2.19 bits per heavy atom. The average Bonchev–Trinajstić information content (AvgIpc) is 2.20. The van der Waals surface area contributed by atoms with Gasteiger partial charge in [0.1, 0.15) is 0 Å². The molecule has 2 unspecified atom stereocenters. The fraction of sp³-hybridized carbons (Fsp3) is 1.00. The SMILES string of the molecule is CN(C)CCN(C)C1CCCCCCC1O. The van der Waals surface area contributed by atoms with Crippen LogP contribution < -0.4 is 0 Å². The number of rotatable bonds is 4. The largest absolute Gasteiger partial charge is 0.391 e. The van der Waals surface area contributed by atoms with Crippen LogP contribution in [0.5, 0.6) is 0 Å². The standard InChI is InChI=1S/C13H28N2O/c1-14(2)10-11-15(3)12-8-6-4-5-7-9-13(12)16/h12-13,16H,4-11H2,1-3H3. The molecule has 0 saturated heterocycles. The number of hydrogen-bond acceptors (Lipinski definition) is 3. The van der Waals surface area contributed by atoms with Gasteiger partial charge in [-0.05, 0) is 34.0 Å². The minimum Gasteiger partial charge on any atom is -0.391 e. The lowest BCUT2D eigenvalue weighted by Crippen LogP contribution is -2.44. The minimum absolute atomic E-state index is 0.118. The van der Waals surface area contributed by atoms with Crippen molar-refractivity contribution in [3.05, 3.63) is 0 Å². The van der Waals surface area contributed by atoms with Gasteiger partial charge in [0.15, 0.2) is 0 Å². The Kier molecular flexibility index (Phi) is 6.32. The Balaban J connectivity index is 2.39. The highest BCUT2D eigenvalue weighted by atomic mass is 16.3. The van der Waals surface area contributed by atoms with Crippen LogP contribution in [0.25, 0.3) is 0 Å². The number of nitrogens with zero attached hydrogens (tertiary/aromatic N) is 2. The number of hydrogen-bond donors (Lipinski definition) is 1. The highest BCUT2D eigenvalue weighted by Gasteiger charge is 2.23. The molecule has 0 heterocycles. The van der Waals surface area contributed by atoms with Crippen molar-refractivity contribution in [2.24, 2.45) is 0 Å². The van der Waals surface area contributed by atoms with Crippen molar-refractivity contribution in [3.63, 3.8) is 0 Å². The molecule has 0 amide bonds. The smallest absolute Gasteiger partial charge is 0.0695 e. The Labute approximate surface area is 100 Å². The molecule has 1 fully saturated rings. The third kappa shape index (κ3) is 4.81. The van der Waals surface area contributed by atoms with Crippen LogP contribution in [0.15, 0.2) is 0 Å². The molecule has 0 aromatic rings. The molecule has 96 valence electrons. The quantitative estimate of drug-likeness (QED) is 0.791. The summed E-state index contributed by atoms with van der Waals surface area (Å²) in [5, 5.41) is 10.2. The van der Waals surface area contributed by atoms with Crippen LogP contribution in [-0.4, -0.2) is 61.3 Å². The molecule has 0 aliphatic heterocycles. The topological polar surface area (TPSA) is 26.7 Å². The molecule has 1 aliphatic carbocycles. The maximum atomic E-state index is 10.2. The van der Waals surface area contributed by atoms with E-state index in [9.17, 15) is 5.11 Å². The number of aliphatic hydroxyl groups is 1. The van der Waals surface area contributed by atoms with Gasteiger partial charge in [-0.25, -0.2) is 0 Å². The molecular weight excluding hydrogens is 200 g/mol. The Bertz CT molecular complexity index is 185. The van der Waals surface area contributed by atoms with E-state index in [2.05, 4.69) is 30.9 Å². The van der Waals surface area contributed by atoms with Gasteiger partial charge in [-0.3, -0.25) is 4.90 Å². The first-order chi connectivity index (χ1) is 7.61. The second-order valence-electron chi connectivity index (χ2n) is 5.41. The second-order valence-corrected chi connectivity index (χ2v) is 5.41. The third-order valence-corrected chi connectivity index (χ3v) is 3.66. The first-order valence-corrected chi connectivity index (χ1v) is 6.64. The van der Waals surface area contributed by atoms with Crippen molar-refractivity contribution in [1.82, 2.24) is 9.80 Å². The van der Waals surface area contributed by atoms with Gasteiger partial charge in [0.25, 0.3) is 0 Å². The summed E-state index contributed by atoms with van der Waals surface area (Å²) in [6, 6.07) is 0.375. The fourth-order valence-corrected chi connectivity index (χ4v) is 2.48. The van der Waals surface area contributed by atoms with Gasteiger partial charge in [-0.2, -0.15) is 0 Å². The van der Waals surface area contributed by atoms with E-state index in [0.29, 0.717) is 6.04 Å². The molecule has 0 bridgehead atoms. The summed E-state index contributed by atoms with van der Waals surface area (Å²) in [5.41, 5.74) is 0. The summed E-state index contributed by atoms with van der Waals surface area (Å²) in [4.78, 5) is 4.54. The van der Waals surface area contributed by atoms with E-state index in [-0.39, 0.29) is 6.10 Å². The monoisotopic (exact) mass is 228 g/mol. The molecule has 1 N–H and O–H groups in total. The lowest BCUT2D eigenvalue weighted by atomic mass is 9.93. The highest BCUT2D eigenvalue weighted by molar-refractivity contribution is 4.79. The predicted molar refractivity (Wildman–Crippen MR) is 68.7 cm³/mol. The zero-order chi connectivity index (χ0) is 12.0. The van der Waals surface area contributed by atoms with Gasteiger partial charge in [-0.1, -0.05) is 25.7 Å². The fourth-order valence-electron chi connectivity index (χ4n) is 2.48. The van der Waals surface area contributed by atoms with Crippen molar-refractivity contribution in [3.8, 4) is 0 Å². The first-order valence-electron chi connectivity index (χ1n) is 6.64. The van der Waals surface area contributed by atoms with Crippen LogP contribution in [0, 0.1) is 0 Å². The van der Waals surface area contributed by atoms with E-state index < -0.39 is 0 Å². The molecule has 16 heavy (non-hydrogen) atoms. The van der Waals surface area contributed by atoms with Crippen LogP contribution >= 0.6 is 0 Å². The summed E-state index contributed by atoms with van der Waals surface area (Å²) in [5.74, 6) is 0. The van der Waals surface area contributed by atoms with Crippen molar-refractivity contribution in [1.29, 1.82) is 0 Å². The molecule has 1 rings (SSSR count). The molecular formula is C13H28N2O. The van der Waals surface area contributed by atoms with Gasteiger partial charge >= 0.3 is 0 Å². The molecule has 0 aromatic heterocycles. The zero-order valence-electron chi connectivity index (χ0n) is 11.2. The van der Waals surface area contributed by atoms with E-state index in [4.69, 9.17) is 0 Å². The second kappa shape index (κ2) is 7.25. The highest BCUT2D eigenvalue weighted by Crippen LogP contribution is 2.21. The lowest BCUT2D eigenvalue weighted by Gasteiger charge is -2.34. The lowest BCUT2D eigenvalue weighted by molar-refractivity contribution is 0.0417. The zero-order valence-corrected chi connectivity index (χ0v) is 11.2. The first kappa shape index (κ1) is 13.9. The maximum absolute atomic E-state index is 10.2. The predicted octanol–water partition coefficient (Wildman–Crippen LogP) is 1.56. The van der Waals surface area contributed by atoms with Gasteiger partial charge in [0, 0.05) is 19.1 Å². The number of likely N-dealkylation sites (N-methyl/N-ethyl adjacent to an activating group) is 2.